The lowest BCUT2D eigenvalue weighted by Gasteiger charge is -2.49. The predicted octanol–water partition coefficient (Wildman–Crippen LogP) is 0.681. The summed E-state index contributed by atoms with van der Waals surface area (Å²) in [6.07, 6.45) is -1.08. The molecule has 4 atom stereocenters. The maximum atomic E-state index is 12.3. The third-order valence-corrected chi connectivity index (χ3v) is 5.79. The Kier molecular flexibility index (Phi) is 5.44. The fourth-order valence-corrected chi connectivity index (χ4v) is 4.78. The minimum absolute atomic E-state index is 0.0509. The zero-order valence-corrected chi connectivity index (χ0v) is 18.1. The number of rotatable bonds is 6. The standard InChI is InChI=1S/C20H22N4O9/c1-9(25)24-15-7-23-14-4-12(6-22-29)5-16(31-10(2)26)17(14)13(8-30-19(21)28)20(33-23,18(15)24)32-11(3)27/h4-5,13,15,18H,6-8H2,1-3H3,(H2,21,28). The van der Waals surface area contributed by atoms with E-state index in [0.717, 1.165) is 0 Å². The molecular weight excluding hydrogens is 440 g/mol. The highest BCUT2D eigenvalue weighted by Crippen LogP contribution is 2.58. The number of anilines is 1. The van der Waals surface area contributed by atoms with Crippen molar-refractivity contribution in [3.8, 4) is 5.75 Å². The number of amides is 2. The van der Waals surface area contributed by atoms with Crippen molar-refractivity contribution in [1.82, 2.24) is 4.90 Å². The summed E-state index contributed by atoms with van der Waals surface area (Å²) in [6, 6.07) is 2.03. The molecule has 13 nitrogen and oxygen atoms in total. The molecule has 2 bridgehead atoms. The number of nitrogens with two attached hydrogens (primary N) is 1. The number of fused-ring (bicyclic) bond motifs is 6. The van der Waals surface area contributed by atoms with E-state index in [-0.39, 0.29) is 30.8 Å². The molecule has 0 aliphatic carbocycles. The second kappa shape index (κ2) is 7.99. The Morgan fingerprint density at radius 2 is 1.94 bits per heavy atom. The molecule has 4 rings (SSSR count). The second-order valence-corrected chi connectivity index (χ2v) is 8.00. The molecule has 1 aromatic carbocycles. The SMILES string of the molecule is CC(=O)Oc1cc(CN=O)cc2c1C(COC(N)=O)C1(OC(C)=O)ON2CC2C1N2C(C)=O. The molecule has 2 fully saturated rings. The Morgan fingerprint density at radius 3 is 2.52 bits per heavy atom. The summed E-state index contributed by atoms with van der Waals surface area (Å²) in [4.78, 5) is 66.3. The van der Waals surface area contributed by atoms with Crippen LogP contribution in [0.3, 0.4) is 0 Å². The Morgan fingerprint density at radius 1 is 1.21 bits per heavy atom. The molecule has 2 saturated heterocycles. The number of nitroso groups, excluding NO2 is 1. The van der Waals surface area contributed by atoms with E-state index in [1.165, 1.54) is 36.8 Å². The van der Waals surface area contributed by atoms with E-state index in [1.54, 1.807) is 6.07 Å². The molecule has 1 aromatic rings. The van der Waals surface area contributed by atoms with Gasteiger partial charge >= 0.3 is 18.0 Å². The van der Waals surface area contributed by atoms with Gasteiger partial charge in [-0.1, -0.05) is 5.18 Å². The summed E-state index contributed by atoms with van der Waals surface area (Å²) in [5.74, 6) is -4.36. The lowest BCUT2D eigenvalue weighted by atomic mass is 9.82. The van der Waals surface area contributed by atoms with Crippen molar-refractivity contribution < 1.29 is 38.2 Å². The molecule has 176 valence electrons. The topological polar surface area (TPSA) is 167 Å². The number of ether oxygens (including phenoxy) is 3. The molecular formula is C20H22N4O9. The summed E-state index contributed by atoms with van der Waals surface area (Å²) in [6.45, 7) is 3.36. The van der Waals surface area contributed by atoms with E-state index in [1.807, 2.05) is 0 Å². The average Bonchev–Trinajstić information content (AvgIpc) is 3.43. The van der Waals surface area contributed by atoms with Crippen LogP contribution in [0.15, 0.2) is 17.3 Å². The molecule has 4 unspecified atom stereocenters. The quantitative estimate of drug-likeness (QED) is 0.275. The van der Waals surface area contributed by atoms with Crippen molar-refractivity contribution in [1.29, 1.82) is 0 Å². The fourth-order valence-electron chi connectivity index (χ4n) is 4.78. The van der Waals surface area contributed by atoms with Gasteiger partial charge < -0.3 is 24.8 Å². The number of carbonyl (C=O) groups is 4. The van der Waals surface area contributed by atoms with Crippen LogP contribution in [0.4, 0.5) is 10.5 Å². The molecule has 0 radical (unpaired) electrons. The van der Waals surface area contributed by atoms with Crippen molar-refractivity contribution in [2.75, 3.05) is 18.2 Å². The van der Waals surface area contributed by atoms with Crippen LogP contribution >= 0.6 is 0 Å². The Bertz CT molecular complexity index is 1060. The van der Waals surface area contributed by atoms with Crippen LogP contribution in [-0.4, -0.2) is 59.9 Å². The maximum absolute atomic E-state index is 12.3. The summed E-state index contributed by atoms with van der Waals surface area (Å²) in [5, 5.41) is 4.31. The van der Waals surface area contributed by atoms with Crippen molar-refractivity contribution in [2.45, 2.75) is 51.1 Å². The van der Waals surface area contributed by atoms with Crippen LogP contribution in [0.1, 0.15) is 37.8 Å². The Hall–Kier alpha value is -3.74. The molecule has 0 spiro atoms. The monoisotopic (exact) mass is 462 g/mol. The first-order valence-electron chi connectivity index (χ1n) is 10.1. The molecule has 13 heteroatoms. The minimum Gasteiger partial charge on any atom is -0.449 e. The van der Waals surface area contributed by atoms with Crippen LogP contribution in [0.5, 0.6) is 5.75 Å². The lowest BCUT2D eigenvalue weighted by molar-refractivity contribution is -0.265. The Labute approximate surface area is 187 Å². The first kappa shape index (κ1) is 22.5. The van der Waals surface area contributed by atoms with E-state index in [4.69, 9.17) is 24.8 Å². The molecule has 2 N–H and O–H groups in total. The van der Waals surface area contributed by atoms with E-state index in [0.29, 0.717) is 16.8 Å². The largest absolute Gasteiger partial charge is 0.449 e. The van der Waals surface area contributed by atoms with Crippen molar-refractivity contribution in [2.24, 2.45) is 10.9 Å². The van der Waals surface area contributed by atoms with Gasteiger partial charge in [-0.3, -0.25) is 14.4 Å². The third kappa shape index (κ3) is 3.73. The highest BCUT2D eigenvalue weighted by Gasteiger charge is 2.73. The van der Waals surface area contributed by atoms with Crippen molar-refractivity contribution in [3.05, 3.63) is 28.2 Å². The van der Waals surface area contributed by atoms with Crippen LogP contribution in [0, 0.1) is 4.91 Å². The van der Waals surface area contributed by atoms with E-state index < -0.39 is 42.4 Å². The van der Waals surface area contributed by atoms with Gasteiger partial charge in [0.15, 0.2) is 0 Å². The van der Waals surface area contributed by atoms with Crippen LogP contribution < -0.4 is 15.5 Å². The number of esters is 2. The summed E-state index contributed by atoms with van der Waals surface area (Å²) < 4.78 is 16.2. The molecule has 3 aliphatic rings. The number of primary amides is 1. The third-order valence-electron chi connectivity index (χ3n) is 5.79. The van der Waals surface area contributed by atoms with Gasteiger partial charge in [-0.25, -0.2) is 14.7 Å². The summed E-state index contributed by atoms with van der Waals surface area (Å²) in [7, 11) is 0. The zero-order chi connectivity index (χ0) is 24.1. The number of hydrogen-bond donors (Lipinski definition) is 1. The van der Waals surface area contributed by atoms with E-state index in [2.05, 4.69) is 5.18 Å². The number of nitrogens with zero attached hydrogens (tertiary/aromatic N) is 3. The van der Waals surface area contributed by atoms with Crippen LogP contribution in [0.2, 0.25) is 0 Å². The first-order valence-corrected chi connectivity index (χ1v) is 10.1. The van der Waals surface area contributed by atoms with Crippen LogP contribution in [-0.2, 0) is 35.2 Å². The van der Waals surface area contributed by atoms with Gasteiger partial charge in [0.05, 0.1) is 24.2 Å². The van der Waals surface area contributed by atoms with Gasteiger partial charge in [0.2, 0.25) is 5.91 Å². The average molecular weight is 462 g/mol. The summed E-state index contributed by atoms with van der Waals surface area (Å²) >= 11 is 0. The van der Waals surface area contributed by atoms with Gasteiger partial charge in [-0.05, 0) is 17.7 Å². The number of benzene rings is 1. The van der Waals surface area contributed by atoms with Gasteiger partial charge in [0, 0.05) is 26.3 Å². The highest BCUT2D eigenvalue weighted by molar-refractivity contribution is 5.80. The van der Waals surface area contributed by atoms with Crippen molar-refractivity contribution >= 4 is 29.6 Å². The molecule has 0 saturated carbocycles. The van der Waals surface area contributed by atoms with E-state index in [9.17, 15) is 24.1 Å². The fraction of sp³-hybridized carbons (Fsp3) is 0.500. The van der Waals surface area contributed by atoms with E-state index >= 15 is 0 Å². The zero-order valence-electron chi connectivity index (χ0n) is 18.1. The molecule has 3 aliphatic heterocycles. The molecule has 3 heterocycles. The number of carbonyl (C=O) groups excluding carboxylic acids is 4. The maximum Gasteiger partial charge on any atom is 0.404 e. The number of hydrogen-bond acceptors (Lipinski definition) is 11. The normalized spacial score (nSPS) is 26.5. The predicted molar refractivity (Wildman–Crippen MR) is 109 cm³/mol. The van der Waals surface area contributed by atoms with Gasteiger partial charge in [-0.2, -0.15) is 4.91 Å². The summed E-state index contributed by atoms with van der Waals surface area (Å²) in [5.41, 5.74) is 6.34. The van der Waals surface area contributed by atoms with Gasteiger partial charge in [0.25, 0.3) is 5.79 Å². The second-order valence-electron chi connectivity index (χ2n) is 8.00. The first-order chi connectivity index (χ1) is 15.6. The molecule has 2 amide bonds. The molecule has 0 aromatic heterocycles. The Balaban J connectivity index is 1.94. The number of hydroxylamine groups is 1. The van der Waals surface area contributed by atoms with Crippen molar-refractivity contribution in [3.63, 3.8) is 0 Å². The van der Waals surface area contributed by atoms with Gasteiger partial charge in [-0.15, -0.1) is 0 Å². The van der Waals surface area contributed by atoms with Gasteiger partial charge in [0.1, 0.15) is 24.9 Å². The minimum atomic E-state index is -1.78. The lowest BCUT2D eigenvalue weighted by Crippen LogP contribution is -2.61. The highest BCUT2D eigenvalue weighted by atomic mass is 16.8. The van der Waals surface area contributed by atoms with Crippen LogP contribution in [0.25, 0.3) is 0 Å². The smallest absolute Gasteiger partial charge is 0.404 e. The molecule has 33 heavy (non-hydrogen) atoms.